The van der Waals surface area contributed by atoms with Gasteiger partial charge in [-0.25, -0.2) is 4.98 Å². The van der Waals surface area contributed by atoms with Gasteiger partial charge >= 0.3 is 0 Å². The summed E-state index contributed by atoms with van der Waals surface area (Å²) in [7, 11) is 0. The average Bonchev–Trinajstić information content (AvgIpc) is 2.61. The Morgan fingerprint density at radius 2 is 2.33 bits per heavy atom. The Morgan fingerprint density at radius 1 is 1.50 bits per heavy atom. The number of rotatable bonds is 2. The van der Waals surface area contributed by atoms with Crippen molar-refractivity contribution in [2.24, 2.45) is 0 Å². The van der Waals surface area contributed by atoms with Crippen molar-refractivity contribution in [3.8, 4) is 0 Å². The number of anilines is 1. The highest BCUT2D eigenvalue weighted by molar-refractivity contribution is 9.10. The zero-order valence-corrected chi connectivity index (χ0v) is 12.1. The summed E-state index contributed by atoms with van der Waals surface area (Å²) in [6.45, 7) is 2.86. The van der Waals surface area contributed by atoms with Crippen LogP contribution in [0.15, 0.2) is 16.7 Å². The van der Waals surface area contributed by atoms with E-state index in [9.17, 15) is 4.79 Å². The topological polar surface area (TPSA) is 54.0 Å². The van der Waals surface area contributed by atoms with E-state index < -0.39 is 0 Å². The van der Waals surface area contributed by atoms with Crippen molar-refractivity contribution in [2.75, 3.05) is 11.9 Å². The van der Waals surface area contributed by atoms with Gasteiger partial charge in [0.15, 0.2) is 0 Å². The molecule has 18 heavy (non-hydrogen) atoms. The lowest BCUT2D eigenvalue weighted by Crippen LogP contribution is -2.40. The lowest BCUT2D eigenvalue weighted by atomic mass is 10.1. The first kappa shape index (κ1) is 13.5. The third-order valence-corrected chi connectivity index (χ3v) is 3.60. The number of nitrogens with zero attached hydrogens (tertiary/aromatic N) is 1. The molecule has 1 aliphatic rings. The molecule has 0 spiro atoms. The molecule has 1 aromatic rings. The first-order chi connectivity index (χ1) is 8.66. The molecule has 0 aromatic carbocycles. The minimum atomic E-state index is -0.0858. The molecule has 5 heteroatoms. The first-order valence-electron chi connectivity index (χ1n) is 6.33. The maximum atomic E-state index is 12.1. The van der Waals surface area contributed by atoms with Crippen LogP contribution in [0, 0.1) is 6.92 Å². The molecule has 1 fully saturated rings. The number of amides is 1. The minimum Gasteiger partial charge on any atom is -0.309 e. The van der Waals surface area contributed by atoms with Gasteiger partial charge in [0.05, 0.1) is 6.04 Å². The highest BCUT2D eigenvalue weighted by Gasteiger charge is 2.20. The van der Waals surface area contributed by atoms with E-state index in [1.807, 2.05) is 13.0 Å². The second-order valence-electron chi connectivity index (χ2n) is 4.66. The summed E-state index contributed by atoms with van der Waals surface area (Å²) in [6, 6.07) is 1.86. The van der Waals surface area contributed by atoms with Crippen LogP contribution >= 0.6 is 15.9 Å². The fourth-order valence-electron chi connectivity index (χ4n) is 2.13. The van der Waals surface area contributed by atoms with Gasteiger partial charge in [-0.1, -0.05) is 12.8 Å². The van der Waals surface area contributed by atoms with Crippen molar-refractivity contribution in [2.45, 2.75) is 38.6 Å². The number of carbonyl (C=O) groups excluding carboxylic acids is 1. The molecule has 2 rings (SSSR count). The molecule has 1 amide bonds. The number of hydrogen-bond donors (Lipinski definition) is 2. The average molecular weight is 312 g/mol. The number of pyridine rings is 1. The summed E-state index contributed by atoms with van der Waals surface area (Å²) >= 11 is 3.36. The van der Waals surface area contributed by atoms with Crippen LogP contribution in [0.3, 0.4) is 0 Å². The number of aromatic nitrogens is 1. The molecule has 1 saturated heterocycles. The molecule has 1 aliphatic heterocycles. The van der Waals surface area contributed by atoms with E-state index >= 15 is 0 Å². The van der Waals surface area contributed by atoms with Gasteiger partial charge in [-0.3, -0.25) is 4.79 Å². The summed E-state index contributed by atoms with van der Waals surface area (Å²) in [6.07, 6.45) is 6.06. The predicted molar refractivity (Wildman–Crippen MR) is 75.6 cm³/mol. The molecule has 1 unspecified atom stereocenters. The Morgan fingerprint density at radius 3 is 3.11 bits per heavy atom. The molecular weight excluding hydrogens is 294 g/mol. The highest BCUT2D eigenvalue weighted by atomic mass is 79.9. The number of nitrogens with one attached hydrogen (secondary N) is 2. The van der Waals surface area contributed by atoms with Gasteiger partial charge in [0.25, 0.3) is 0 Å². The van der Waals surface area contributed by atoms with Crippen molar-refractivity contribution in [3.63, 3.8) is 0 Å². The van der Waals surface area contributed by atoms with Gasteiger partial charge in [-0.15, -0.1) is 0 Å². The Bertz CT molecular complexity index is 428. The maximum absolute atomic E-state index is 12.1. The van der Waals surface area contributed by atoms with Gasteiger partial charge in [0.2, 0.25) is 5.91 Å². The van der Waals surface area contributed by atoms with Crippen LogP contribution in [0.1, 0.15) is 31.2 Å². The largest absolute Gasteiger partial charge is 0.309 e. The van der Waals surface area contributed by atoms with E-state index in [1.54, 1.807) is 6.20 Å². The van der Waals surface area contributed by atoms with Crippen LogP contribution in [0.25, 0.3) is 0 Å². The van der Waals surface area contributed by atoms with Crippen LogP contribution < -0.4 is 10.6 Å². The smallest absolute Gasteiger partial charge is 0.242 e. The normalized spacial score (nSPS) is 20.2. The van der Waals surface area contributed by atoms with Crippen LogP contribution in [-0.2, 0) is 4.79 Å². The summed E-state index contributed by atoms with van der Waals surface area (Å²) in [5.74, 6) is 0.670. The van der Waals surface area contributed by atoms with Crippen LogP contribution in [0.4, 0.5) is 5.82 Å². The standard InChI is InChI=1S/C13H18BrN3O/c1-9-7-10(14)8-16-12(9)17-13(18)11-5-3-2-4-6-15-11/h7-8,11,15H,2-6H2,1H3,(H,16,17,18). The van der Waals surface area contributed by atoms with E-state index in [0.29, 0.717) is 5.82 Å². The van der Waals surface area contributed by atoms with Crippen molar-refractivity contribution < 1.29 is 4.79 Å². The summed E-state index contributed by atoms with van der Waals surface area (Å²) in [5.41, 5.74) is 0.964. The Kier molecular flexibility index (Phi) is 4.72. The number of carbonyl (C=O) groups is 1. The van der Waals surface area contributed by atoms with E-state index in [2.05, 4.69) is 31.5 Å². The Labute approximate surface area is 116 Å². The molecule has 2 heterocycles. The van der Waals surface area contributed by atoms with E-state index in [4.69, 9.17) is 0 Å². The minimum absolute atomic E-state index is 0.0230. The second-order valence-corrected chi connectivity index (χ2v) is 5.58. The monoisotopic (exact) mass is 311 g/mol. The molecule has 4 nitrogen and oxygen atoms in total. The van der Waals surface area contributed by atoms with Crippen molar-refractivity contribution >= 4 is 27.7 Å². The highest BCUT2D eigenvalue weighted by Crippen LogP contribution is 2.17. The van der Waals surface area contributed by atoms with Crippen molar-refractivity contribution in [3.05, 3.63) is 22.3 Å². The molecule has 98 valence electrons. The van der Waals surface area contributed by atoms with Crippen LogP contribution in [-0.4, -0.2) is 23.5 Å². The van der Waals surface area contributed by atoms with Crippen molar-refractivity contribution in [1.29, 1.82) is 0 Å². The Balaban J connectivity index is 2.01. The quantitative estimate of drug-likeness (QED) is 0.883. The number of aryl methyl sites for hydroxylation is 1. The van der Waals surface area contributed by atoms with Crippen LogP contribution in [0.2, 0.25) is 0 Å². The summed E-state index contributed by atoms with van der Waals surface area (Å²) < 4.78 is 0.922. The van der Waals surface area contributed by atoms with Crippen LogP contribution in [0.5, 0.6) is 0 Å². The molecule has 0 radical (unpaired) electrons. The van der Waals surface area contributed by atoms with Gasteiger partial charge in [0, 0.05) is 10.7 Å². The second kappa shape index (κ2) is 6.29. The van der Waals surface area contributed by atoms with Gasteiger partial charge < -0.3 is 10.6 Å². The molecule has 2 N–H and O–H groups in total. The fourth-order valence-corrected chi connectivity index (χ4v) is 2.57. The third kappa shape index (κ3) is 3.53. The van der Waals surface area contributed by atoms with Crippen molar-refractivity contribution in [1.82, 2.24) is 10.3 Å². The lowest BCUT2D eigenvalue weighted by molar-refractivity contribution is -0.118. The zero-order valence-electron chi connectivity index (χ0n) is 10.5. The zero-order chi connectivity index (χ0) is 13.0. The SMILES string of the molecule is Cc1cc(Br)cnc1NC(=O)C1CCCCCN1. The summed E-state index contributed by atoms with van der Waals surface area (Å²) in [4.78, 5) is 16.4. The molecule has 1 aromatic heterocycles. The van der Waals surface area contributed by atoms with E-state index in [-0.39, 0.29) is 11.9 Å². The maximum Gasteiger partial charge on any atom is 0.242 e. The predicted octanol–water partition coefficient (Wildman–Crippen LogP) is 2.62. The van der Waals surface area contributed by atoms with E-state index in [0.717, 1.165) is 35.8 Å². The van der Waals surface area contributed by atoms with Gasteiger partial charge in [-0.05, 0) is 53.9 Å². The van der Waals surface area contributed by atoms with E-state index in [1.165, 1.54) is 6.42 Å². The lowest BCUT2D eigenvalue weighted by Gasteiger charge is -2.16. The third-order valence-electron chi connectivity index (χ3n) is 3.16. The first-order valence-corrected chi connectivity index (χ1v) is 7.12. The Hall–Kier alpha value is -0.940. The number of halogens is 1. The van der Waals surface area contributed by atoms with Gasteiger partial charge in [0.1, 0.15) is 5.82 Å². The fraction of sp³-hybridized carbons (Fsp3) is 0.538. The molecule has 0 aliphatic carbocycles. The van der Waals surface area contributed by atoms with Gasteiger partial charge in [-0.2, -0.15) is 0 Å². The molecule has 1 atom stereocenters. The molecule has 0 bridgehead atoms. The number of hydrogen-bond acceptors (Lipinski definition) is 3. The molecular formula is C13H18BrN3O. The molecule has 0 saturated carbocycles. The summed E-state index contributed by atoms with van der Waals surface area (Å²) in [5, 5.41) is 6.18.